The molecular formula is C20H24O4. The van der Waals surface area contributed by atoms with E-state index in [-0.39, 0.29) is 0 Å². The van der Waals surface area contributed by atoms with E-state index in [9.17, 15) is 9.90 Å². The number of rotatable bonds is 7. The lowest BCUT2D eigenvalue weighted by Gasteiger charge is -2.17. The van der Waals surface area contributed by atoms with Crippen LogP contribution in [0.4, 0.5) is 0 Å². The van der Waals surface area contributed by atoms with Gasteiger partial charge >= 0.3 is 5.97 Å². The van der Waals surface area contributed by atoms with Crippen LogP contribution in [0.2, 0.25) is 0 Å². The first-order valence-electron chi connectivity index (χ1n) is 7.99. The summed E-state index contributed by atoms with van der Waals surface area (Å²) in [6, 6.07) is 13.2. The van der Waals surface area contributed by atoms with E-state index in [1.54, 1.807) is 38.5 Å². The van der Waals surface area contributed by atoms with E-state index in [1.165, 1.54) is 5.56 Å². The maximum Gasteiger partial charge on any atom is 0.311 e. The molecule has 0 spiro atoms. The second-order valence-electron chi connectivity index (χ2n) is 6.09. The Balaban J connectivity index is 2.36. The highest BCUT2D eigenvalue weighted by Crippen LogP contribution is 2.30. The standard InChI is InChI=1S/C20H24O4/c1-13(2)15-7-10-19(24-4)16(11-15)12-18(20(21)22)14-5-8-17(23-3)9-6-14/h5-11,13,18H,12H2,1-4H3,(H,21,22). The van der Waals surface area contributed by atoms with Crippen molar-refractivity contribution in [2.75, 3.05) is 14.2 Å². The summed E-state index contributed by atoms with van der Waals surface area (Å²) >= 11 is 0. The van der Waals surface area contributed by atoms with Crippen LogP contribution < -0.4 is 9.47 Å². The third-order valence-corrected chi connectivity index (χ3v) is 4.21. The molecule has 0 aliphatic heterocycles. The van der Waals surface area contributed by atoms with Gasteiger partial charge in [0.05, 0.1) is 20.1 Å². The molecule has 1 unspecified atom stereocenters. The third kappa shape index (κ3) is 4.07. The van der Waals surface area contributed by atoms with Crippen LogP contribution >= 0.6 is 0 Å². The number of carboxylic acid groups (broad SMARTS) is 1. The molecule has 4 heteroatoms. The van der Waals surface area contributed by atoms with E-state index in [0.29, 0.717) is 18.1 Å². The predicted molar refractivity (Wildman–Crippen MR) is 94.2 cm³/mol. The maximum atomic E-state index is 11.8. The molecule has 0 bridgehead atoms. The highest BCUT2D eigenvalue weighted by molar-refractivity contribution is 5.76. The fourth-order valence-corrected chi connectivity index (χ4v) is 2.72. The van der Waals surface area contributed by atoms with Crippen molar-refractivity contribution in [3.8, 4) is 11.5 Å². The van der Waals surface area contributed by atoms with Crippen molar-refractivity contribution >= 4 is 5.97 Å². The molecule has 0 amide bonds. The van der Waals surface area contributed by atoms with Crippen LogP contribution in [0, 0.1) is 0 Å². The quantitative estimate of drug-likeness (QED) is 0.826. The van der Waals surface area contributed by atoms with Gasteiger partial charge in [0.15, 0.2) is 0 Å². The van der Waals surface area contributed by atoms with Crippen LogP contribution in [0.1, 0.15) is 42.4 Å². The molecule has 0 saturated heterocycles. The minimum atomic E-state index is -0.850. The van der Waals surface area contributed by atoms with Crippen molar-refractivity contribution in [1.82, 2.24) is 0 Å². The normalized spacial score (nSPS) is 12.0. The SMILES string of the molecule is COc1ccc(C(Cc2cc(C(C)C)ccc2OC)C(=O)O)cc1. The first kappa shape index (κ1) is 17.9. The summed E-state index contributed by atoms with van der Waals surface area (Å²) in [4.78, 5) is 11.8. The van der Waals surface area contributed by atoms with Crippen LogP contribution in [0.3, 0.4) is 0 Å². The summed E-state index contributed by atoms with van der Waals surface area (Å²) < 4.78 is 10.6. The number of ether oxygens (including phenoxy) is 2. The van der Waals surface area contributed by atoms with Crippen molar-refractivity contribution in [2.45, 2.75) is 32.1 Å². The zero-order chi connectivity index (χ0) is 17.7. The van der Waals surface area contributed by atoms with E-state index in [0.717, 1.165) is 16.9 Å². The van der Waals surface area contributed by atoms with Gasteiger partial charge in [-0.3, -0.25) is 4.79 Å². The zero-order valence-corrected chi connectivity index (χ0v) is 14.6. The molecule has 128 valence electrons. The Labute approximate surface area is 143 Å². The highest BCUT2D eigenvalue weighted by Gasteiger charge is 2.22. The van der Waals surface area contributed by atoms with Crippen LogP contribution in [0.25, 0.3) is 0 Å². The summed E-state index contributed by atoms with van der Waals surface area (Å²) in [5.41, 5.74) is 2.83. The van der Waals surface area contributed by atoms with Gasteiger partial charge in [0.25, 0.3) is 0 Å². The van der Waals surface area contributed by atoms with Crippen LogP contribution in [-0.2, 0) is 11.2 Å². The predicted octanol–water partition coefficient (Wildman–Crippen LogP) is 4.24. The second-order valence-corrected chi connectivity index (χ2v) is 6.09. The second kappa shape index (κ2) is 7.86. The number of carbonyl (C=O) groups is 1. The van der Waals surface area contributed by atoms with Crippen molar-refractivity contribution < 1.29 is 19.4 Å². The molecule has 0 radical (unpaired) electrons. The number of hydrogen-bond donors (Lipinski definition) is 1. The minimum absolute atomic E-state index is 0.374. The monoisotopic (exact) mass is 328 g/mol. The minimum Gasteiger partial charge on any atom is -0.497 e. The summed E-state index contributed by atoms with van der Waals surface area (Å²) in [5, 5.41) is 9.68. The highest BCUT2D eigenvalue weighted by atomic mass is 16.5. The molecule has 1 N–H and O–H groups in total. The maximum absolute atomic E-state index is 11.8. The van der Waals surface area contributed by atoms with Crippen LogP contribution in [0.5, 0.6) is 11.5 Å². The number of hydrogen-bond acceptors (Lipinski definition) is 3. The van der Waals surface area contributed by atoms with Gasteiger partial charge in [-0.05, 0) is 47.2 Å². The molecule has 0 fully saturated rings. The fourth-order valence-electron chi connectivity index (χ4n) is 2.72. The molecule has 0 saturated carbocycles. The summed E-state index contributed by atoms with van der Waals surface area (Å²) in [6.45, 7) is 4.23. The molecule has 2 rings (SSSR count). The van der Waals surface area contributed by atoms with E-state index in [2.05, 4.69) is 13.8 Å². The third-order valence-electron chi connectivity index (χ3n) is 4.21. The Hall–Kier alpha value is -2.49. The van der Waals surface area contributed by atoms with E-state index in [4.69, 9.17) is 9.47 Å². The molecule has 4 nitrogen and oxygen atoms in total. The molecule has 0 aromatic heterocycles. The van der Waals surface area contributed by atoms with Gasteiger partial charge in [0, 0.05) is 0 Å². The number of carboxylic acids is 1. The van der Waals surface area contributed by atoms with Crippen molar-refractivity contribution in [2.24, 2.45) is 0 Å². The van der Waals surface area contributed by atoms with Gasteiger partial charge in [-0.25, -0.2) is 0 Å². The molecular weight excluding hydrogens is 304 g/mol. The lowest BCUT2D eigenvalue weighted by atomic mass is 9.89. The zero-order valence-electron chi connectivity index (χ0n) is 14.6. The lowest BCUT2D eigenvalue weighted by molar-refractivity contribution is -0.138. The Morgan fingerprint density at radius 1 is 1.00 bits per heavy atom. The molecule has 1 atom stereocenters. The van der Waals surface area contributed by atoms with Crippen LogP contribution in [-0.4, -0.2) is 25.3 Å². The van der Waals surface area contributed by atoms with Crippen molar-refractivity contribution in [3.05, 3.63) is 59.2 Å². The smallest absolute Gasteiger partial charge is 0.311 e. The van der Waals surface area contributed by atoms with E-state index in [1.807, 2.05) is 18.2 Å². The van der Waals surface area contributed by atoms with Gasteiger partial charge in [-0.1, -0.05) is 38.1 Å². The molecule has 2 aromatic carbocycles. The molecule has 2 aromatic rings. The Morgan fingerprint density at radius 2 is 1.62 bits per heavy atom. The first-order valence-corrected chi connectivity index (χ1v) is 7.99. The van der Waals surface area contributed by atoms with Gasteiger partial charge in [-0.15, -0.1) is 0 Å². The topological polar surface area (TPSA) is 55.8 Å². The molecule has 0 aliphatic carbocycles. The number of methoxy groups -OCH3 is 2. The van der Waals surface area contributed by atoms with Crippen molar-refractivity contribution in [1.29, 1.82) is 0 Å². The van der Waals surface area contributed by atoms with Crippen LogP contribution in [0.15, 0.2) is 42.5 Å². The lowest BCUT2D eigenvalue weighted by Crippen LogP contribution is -2.15. The average Bonchev–Trinajstić information content (AvgIpc) is 2.59. The first-order chi connectivity index (χ1) is 11.5. The number of aliphatic carboxylic acids is 1. The summed E-state index contributed by atoms with van der Waals surface area (Å²) in [6.07, 6.45) is 0.380. The Kier molecular flexibility index (Phi) is 5.85. The average molecular weight is 328 g/mol. The molecule has 24 heavy (non-hydrogen) atoms. The fraction of sp³-hybridized carbons (Fsp3) is 0.350. The number of benzene rings is 2. The van der Waals surface area contributed by atoms with E-state index < -0.39 is 11.9 Å². The van der Waals surface area contributed by atoms with E-state index >= 15 is 0 Å². The van der Waals surface area contributed by atoms with Gasteiger partial charge in [-0.2, -0.15) is 0 Å². The molecule has 0 heterocycles. The van der Waals surface area contributed by atoms with Gasteiger partial charge in [0.1, 0.15) is 11.5 Å². The molecule has 0 aliphatic rings. The Bertz CT molecular complexity index is 689. The van der Waals surface area contributed by atoms with Gasteiger partial charge in [0.2, 0.25) is 0 Å². The largest absolute Gasteiger partial charge is 0.497 e. The Morgan fingerprint density at radius 3 is 2.12 bits per heavy atom. The summed E-state index contributed by atoms with van der Waals surface area (Å²) in [5.74, 6) is 0.324. The van der Waals surface area contributed by atoms with Gasteiger partial charge < -0.3 is 14.6 Å². The summed E-state index contributed by atoms with van der Waals surface area (Å²) in [7, 11) is 3.20. The van der Waals surface area contributed by atoms with Crippen molar-refractivity contribution in [3.63, 3.8) is 0 Å².